The molecule has 2 atom stereocenters. The molecule has 2 aromatic carbocycles. The van der Waals surface area contributed by atoms with E-state index in [-0.39, 0.29) is 46.8 Å². The first-order valence-corrected chi connectivity index (χ1v) is 14.2. The molecule has 3 aromatic rings. The van der Waals surface area contributed by atoms with Gasteiger partial charge in [0, 0.05) is 24.0 Å². The number of nitrogens with zero attached hydrogens (tertiary/aromatic N) is 4. The van der Waals surface area contributed by atoms with Crippen molar-refractivity contribution in [2.45, 2.75) is 49.8 Å². The van der Waals surface area contributed by atoms with Crippen LogP contribution in [0.1, 0.15) is 41.5 Å². The first-order valence-electron chi connectivity index (χ1n) is 12.4. The number of nitrogens with one attached hydrogen (secondary N) is 1. The predicted molar refractivity (Wildman–Crippen MR) is 138 cm³/mol. The van der Waals surface area contributed by atoms with Crippen LogP contribution in [0.4, 0.5) is 23.2 Å². The first-order chi connectivity index (χ1) is 18.7. The minimum Gasteiger partial charge on any atom is -0.391 e. The number of anilines is 1. The van der Waals surface area contributed by atoms with Crippen LogP contribution in [0.5, 0.6) is 0 Å². The van der Waals surface area contributed by atoms with Gasteiger partial charge >= 0.3 is 11.9 Å². The summed E-state index contributed by atoms with van der Waals surface area (Å²) in [6.07, 6.45) is -4.38. The Balaban J connectivity index is 1.62. The van der Waals surface area contributed by atoms with Gasteiger partial charge in [-0.1, -0.05) is 24.6 Å². The summed E-state index contributed by atoms with van der Waals surface area (Å²) < 4.78 is 88.6. The number of aromatic amines is 1. The highest BCUT2D eigenvalue weighted by Crippen LogP contribution is 2.46. The Hall–Kier alpha value is -2.94. The Labute approximate surface area is 232 Å². The molecule has 2 aliphatic heterocycles. The van der Waals surface area contributed by atoms with E-state index in [0.29, 0.717) is 5.56 Å². The van der Waals surface area contributed by atoms with Gasteiger partial charge in [-0.3, -0.25) is 4.90 Å². The van der Waals surface area contributed by atoms with Gasteiger partial charge in [0.1, 0.15) is 16.8 Å². The molecule has 0 amide bonds. The van der Waals surface area contributed by atoms with Gasteiger partial charge in [0.2, 0.25) is 15.9 Å². The van der Waals surface area contributed by atoms with Crippen LogP contribution >= 0.6 is 11.6 Å². The van der Waals surface area contributed by atoms with E-state index in [9.17, 15) is 26.4 Å². The summed E-state index contributed by atoms with van der Waals surface area (Å²) in [7, 11) is -4.32. The van der Waals surface area contributed by atoms with Gasteiger partial charge in [0.15, 0.2) is 0 Å². The number of benzene rings is 2. The standard InChI is InChI=1S/C25H26ClF4N5O4S/c1-13-4-6-18(27)21(14(13)2)15(3)22(23-31-32-24(36)39-23)35-12-34(17-9-33(10-17)11-25(28,29)30)19-8-16(26)5-7-20(19)40(35,37)38/h4-8,15,17,22H,9-12H2,1-3H3,(H,32,36)/t15-,22+/m1/s1. The molecule has 216 valence electrons. The fourth-order valence-corrected chi connectivity index (χ4v) is 7.46. The monoisotopic (exact) mass is 603 g/mol. The van der Waals surface area contributed by atoms with Crippen molar-refractivity contribution in [3.05, 3.63) is 74.3 Å². The van der Waals surface area contributed by atoms with E-state index in [4.69, 9.17) is 16.0 Å². The predicted octanol–water partition coefficient (Wildman–Crippen LogP) is 4.33. The maximum atomic E-state index is 15.2. The highest BCUT2D eigenvalue weighted by molar-refractivity contribution is 7.89. The van der Waals surface area contributed by atoms with E-state index in [0.717, 1.165) is 9.87 Å². The molecule has 0 aliphatic carbocycles. The van der Waals surface area contributed by atoms with Gasteiger partial charge in [-0.25, -0.2) is 22.7 Å². The van der Waals surface area contributed by atoms with Crippen molar-refractivity contribution in [3.63, 3.8) is 0 Å². The number of fused-ring (bicyclic) bond motifs is 1. The smallest absolute Gasteiger partial charge is 0.391 e. The van der Waals surface area contributed by atoms with Crippen molar-refractivity contribution < 1.29 is 30.4 Å². The average Bonchev–Trinajstić information content (AvgIpc) is 3.25. The largest absolute Gasteiger partial charge is 0.434 e. The number of hydrogen-bond donors (Lipinski definition) is 1. The van der Waals surface area contributed by atoms with Gasteiger partial charge < -0.3 is 9.32 Å². The first kappa shape index (κ1) is 28.6. The number of H-pyrrole nitrogens is 1. The number of hydrogen-bond acceptors (Lipinski definition) is 7. The highest BCUT2D eigenvalue weighted by atomic mass is 35.5. The maximum absolute atomic E-state index is 15.2. The number of likely N-dealkylation sites (tertiary alicyclic amines) is 1. The summed E-state index contributed by atoms with van der Waals surface area (Å²) in [6, 6.07) is 5.30. The van der Waals surface area contributed by atoms with E-state index in [1.165, 1.54) is 29.2 Å². The topological polar surface area (TPSA) is 103 Å². The minimum absolute atomic E-state index is 0.0304. The third-order valence-corrected chi connectivity index (χ3v) is 9.67. The summed E-state index contributed by atoms with van der Waals surface area (Å²) in [6.45, 7) is 3.75. The molecule has 1 aromatic heterocycles. The molecule has 40 heavy (non-hydrogen) atoms. The molecule has 15 heteroatoms. The molecule has 3 heterocycles. The Morgan fingerprint density at radius 2 is 1.90 bits per heavy atom. The molecule has 0 saturated carbocycles. The molecule has 9 nitrogen and oxygen atoms in total. The van der Waals surface area contributed by atoms with Crippen molar-refractivity contribution in [1.29, 1.82) is 0 Å². The molecule has 1 N–H and O–H groups in total. The van der Waals surface area contributed by atoms with Crippen LogP contribution in [0.15, 0.2) is 44.4 Å². The van der Waals surface area contributed by atoms with Crippen molar-refractivity contribution >= 4 is 27.3 Å². The second-order valence-electron chi connectivity index (χ2n) is 10.2. The molecular formula is C25H26ClF4N5O4S. The molecule has 1 fully saturated rings. The average molecular weight is 604 g/mol. The molecule has 5 rings (SSSR count). The zero-order chi connectivity index (χ0) is 29.1. The van der Waals surface area contributed by atoms with Crippen molar-refractivity contribution in [2.75, 3.05) is 31.2 Å². The van der Waals surface area contributed by atoms with Crippen LogP contribution in [0.2, 0.25) is 5.02 Å². The summed E-state index contributed by atoms with van der Waals surface area (Å²) >= 11 is 6.19. The lowest BCUT2D eigenvalue weighted by molar-refractivity contribution is -0.154. The fraction of sp³-hybridized carbons (Fsp3) is 0.440. The third kappa shape index (κ3) is 5.13. The molecular weight excluding hydrogens is 578 g/mol. The number of aromatic nitrogens is 2. The van der Waals surface area contributed by atoms with Crippen LogP contribution < -0.4 is 10.7 Å². The molecule has 0 bridgehead atoms. The Bertz CT molecular complexity index is 1600. The van der Waals surface area contributed by atoms with Crippen LogP contribution in [-0.4, -0.2) is 66.3 Å². The van der Waals surface area contributed by atoms with Gasteiger partial charge in [-0.05, 0) is 54.8 Å². The third-order valence-electron chi connectivity index (χ3n) is 7.57. The Morgan fingerprint density at radius 3 is 2.52 bits per heavy atom. The Morgan fingerprint density at radius 1 is 1.20 bits per heavy atom. The number of aryl methyl sites for hydroxylation is 1. The van der Waals surface area contributed by atoms with Crippen molar-refractivity contribution in [3.8, 4) is 0 Å². The minimum atomic E-state index is -4.38. The molecule has 0 unspecified atom stereocenters. The summed E-state index contributed by atoms with van der Waals surface area (Å²) in [5.41, 5.74) is 1.83. The highest BCUT2D eigenvalue weighted by Gasteiger charge is 2.49. The van der Waals surface area contributed by atoms with Crippen LogP contribution in [0, 0.1) is 19.7 Å². The zero-order valence-corrected chi connectivity index (χ0v) is 23.2. The van der Waals surface area contributed by atoms with Gasteiger partial charge in [-0.15, -0.1) is 5.10 Å². The number of alkyl halides is 3. The van der Waals surface area contributed by atoms with Gasteiger partial charge in [0.25, 0.3) is 0 Å². The second kappa shape index (κ2) is 10.2. The SMILES string of the molecule is Cc1ccc(F)c([C@@H](C)[C@@H](c2n[nH]c(=O)o2)N2CN(C3CN(CC(F)(F)F)C3)c3cc(Cl)ccc3S2(=O)=O)c1C. The molecule has 1 saturated heterocycles. The quantitative estimate of drug-likeness (QED) is 0.418. The Kier molecular flexibility index (Phi) is 7.26. The lowest BCUT2D eigenvalue weighted by Crippen LogP contribution is -2.64. The number of halogens is 5. The molecule has 2 aliphatic rings. The van der Waals surface area contributed by atoms with Crippen LogP contribution in [0.3, 0.4) is 0 Å². The van der Waals surface area contributed by atoms with E-state index < -0.39 is 52.3 Å². The number of sulfonamides is 1. The maximum Gasteiger partial charge on any atom is 0.434 e. The summed E-state index contributed by atoms with van der Waals surface area (Å²) in [5.74, 6) is -2.65. The summed E-state index contributed by atoms with van der Waals surface area (Å²) in [4.78, 5) is 14.7. The van der Waals surface area contributed by atoms with Gasteiger partial charge in [-0.2, -0.15) is 17.5 Å². The lowest BCUT2D eigenvalue weighted by atomic mass is 9.87. The fourth-order valence-electron chi connectivity index (χ4n) is 5.51. The van der Waals surface area contributed by atoms with E-state index >= 15 is 4.39 Å². The number of rotatable bonds is 6. The molecule has 0 spiro atoms. The van der Waals surface area contributed by atoms with Crippen LogP contribution in [-0.2, 0) is 10.0 Å². The summed E-state index contributed by atoms with van der Waals surface area (Å²) in [5, 5.41) is 6.30. The van der Waals surface area contributed by atoms with Crippen molar-refractivity contribution in [2.24, 2.45) is 0 Å². The normalized spacial score (nSPS) is 19.8. The van der Waals surface area contributed by atoms with Crippen molar-refractivity contribution in [1.82, 2.24) is 19.4 Å². The van der Waals surface area contributed by atoms with Gasteiger partial charge in [0.05, 0.1) is 24.9 Å². The van der Waals surface area contributed by atoms with E-state index in [1.807, 2.05) is 0 Å². The van der Waals surface area contributed by atoms with Crippen LogP contribution in [0.25, 0.3) is 0 Å². The lowest BCUT2D eigenvalue weighted by Gasteiger charge is -2.51. The second-order valence-corrected chi connectivity index (χ2v) is 12.5. The van der Waals surface area contributed by atoms with E-state index in [1.54, 1.807) is 31.7 Å². The zero-order valence-electron chi connectivity index (χ0n) is 21.7. The molecule has 0 radical (unpaired) electrons. The van der Waals surface area contributed by atoms with E-state index in [2.05, 4.69) is 10.2 Å².